The molecule has 2 aliphatic rings. The Balaban J connectivity index is 1.90. The van der Waals surface area contributed by atoms with Gasteiger partial charge >= 0.3 is 0 Å². The van der Waals surface area contributed by atoms with Crippen molar-refractivity contribution in [3.63, 3.8) is 0 Å². The molecule has 5 nitrogen and oxygen atoms in total. The molecule has 5 heteroatoms. The number of fused-ring (bicyclic) bond motifs is 1. The molecule has 3 unspecified atom stereocenters. The van der Waals surface area contributed by atoms with Crippen LogP contribution in [0, 0.1) is 0 Å². The van der Waals surface area contributed by atoms with Crippen LogP contribution in [-0.4, -0.2) is 59.5 Å². The molecule has 0 saturated carbocycles. The number of carbonyl (C=O) groups is 1. The number of nitrogens with two attached hydrogens (primary N) is 2. The molecule has 2 fully saturated rings. The summed E-state index contributed by atoms with van der Waals surface area (Å²) in [6, 6.07) is 1.01. The number of hydrogen-bond acceptors (Lipinski definition) is 4. The first-order valence-corrected chi connectivity index (χ1v) is 7.47. The van der Waals surface area contributed by atoms with E-state index in [9.17, 15) is 4.79 Å². The van der Waals surface area contributed by atoms with Crippen molar-refractivity contribution in [1.82, 2.24) is 9.80 Å². The quantitative estimate of drug-likeness (QED) is 0.760. The highest BCUT2D eigenvalue weighted by molar-refractivity contribution is 5.83. The highest BCUT2D eigenvalue weighted by atomic mass is 16.1. The fourth-order valence-corrected chi connectivity index (χ4v) is 3.42. The van der Waals surface area contributed by atoms with Gasteiger partial charge in [-0.15, -0.1) is 0 Å². The molecule has 2 heterocycles. The van der Waals surface area contributed by atoms with Crippen LogP contribution >= 0.6 is 0 Å². The van der Waals surface area contributed by atoms with E-state index in [2.05, 4.69) is 16.7 Å². The maximum absolute atomic E-state index is 11.3. The summed E-state index contributed by atoms with van der Waals surface area (Å²) < 4.78 is 0. The molecule has 0 aromatic rings. The van der Waals surface area contributed by atoms with Gasteiger partial charge in [0.25, 0.3) is 0 Å². The highest BCUT2D eigenvalue weighted by Gasteiger charge is 2.34. The van der Waals surface area contributed by atoms with Crippen LogP contribution in [0.2, 0.25) is 0 Å². The third kappa shape index (κ3) is 3.46. The van der Waals surface area contributed by atoms with E-state index < -0.39 is 11.4 Å². The summed E-state index contributed by atoms with van der Waals surface area (Å²) in [5.41, 5.74) is 10.5. The smallest absolute Gasteiger partial charge is 0.237 e. The molecule has 2 saturated heterocycles. The summed E-state index contributed by atoms with van der Waals surface area (Å²) in [6.45, 7) is 8.48. The fourth-order valence-electron chi connectivity index (χ4n) is 3.42. The Labute approximate surface area is 116 Å². The van der Waals surface area contributed by atoms with E-state index in [0.717, 1.165) is 19.6 Å². The van der Waals surface area contributed by atoms with Crippen molar-refractivity contribution in [2.75, 3.05) is 26.2 Å². The van der Waals surface area contributed by atoms with E-state index in [1.165, 1.54) is 25.8 Å². The lowest BCUT2D eigenvalue weighted by atomic mass is 9.92. The summed E-state index contributed by atoms with van der Waals surface area (Å²) in [5, 5.41) is 0. The van der Waals surface area contributed by atoms with E-state index in [-0.39, 0.29) is 0 Å². The Kier molecular flexibility index (Phi) is 4.48. The van der Waals surface area contributed by atoms with Crippen LogP contribution in [0.3, 0.4) is 0 Å². The normalized spacial score (nSPS) is 30.4. The minimum atomic E-state index is -0.900. The van der Waals surface area contributed by atoms with E-state index in [0.29, 0.717) is 18.5 Å². The van der Waals surface area contributed by atoms with Gasteiger partial charge in [-0.2, -0.15) is 0 Å². The van der Waals surface area contributed by atoms with E-state index in [1.54, 1.807) is 6.92 Å². The van der Waals surface area contributed by atoms with Crippen molar-refractivity contribution in [2.45, 2.75) is 57.2 Å². The van der Waals surface area contributed by atoms with Gasteiger partial charge in [0.1, 0.15) is 0 Å². The summed E-state index contributed by atoms with van der Waals surface area (Å²) >= 11 is 0. The minimum Gasteiger partial charge on any atom is -0.368 e. The third-order valence-corrected chi connectivity index (χ3v) is 4.77. The molecular formula is C14H28N4O. The van der Waals surface area contributed by atoms with Gasteiger partial charge < -0.3 is 11.5 Å². The zero-order chi connectivity index (χ0) is 14.0. The van der Waals surface area contributed by atoms with Gasteiger partial charge in [0, 0.05) is 31.7 Å². The maximum Gasteiger partial charge on any atom is 0.237 e. The summed E-state index contributed by atoms with van der Waals surface area (Å²) in [7, 11) is 0. The molecule has 2 aliphatic heterocycles. The topological polar surface area (TPSA) is 75.6 Å². The predicted octanol–water partition coefficient (Wildman–Crippen LogP) is 0.138. The van der Waals surface area contributed by atoms with Gasteiger partial charge in [0.05, 0.1) is 5.54 Å². The lowest BCUT2D eigenvalue weighted by Crippen LogP contribution is -2.59. The number of piperidine rings is 1. The molecule has 19 heavy (non-hydrogen) atoms. The zero-order valence-electron chi connectivity index (χ0n) is 12.3. The van der Waals surface area contributed by atoms with Crippen molar-refractivity contribution < 1.29 is 4.79 Å². The molecular weight excluding hydrogens is 240 g/mol. The molecule has 2 rings (SSSR count). The van der Waals surface area contributed by atoms with Crippen molar-refractivity contribution in [3.8, 4) is 0 Å². The van der Waals surface area contributed by atoms with Gasteiger partial charge in [-0.1, -0.05) is 6.42 Å². The van der Waals surface area contributed by atoms with Crippen molar-refractivity contribution in [2.24, 2.45) is 11.5 Å². The molecule has 3 atom stereocenters. The molecule has 0 aliphatic carbocycles. The summed E-state index contributed by atoms with van der Waals surface area (Å²) in [5.74, 6) is -0.407. The lowest BCUT2D eigenvalue weighted by molar-refractivity contribution is -0.123. The van der Waals surface area contributed by atoms with Gasteiger partial charge in [-0.25, -0.2) is 0 Å². The third-order valence-electron chi connectivity index (χ3n) is 4.77. The van der Waals surface area contributed by atoms with Crippen LogP contribution < -0.4 is 11.5 Å². The van der Waals surface area contributed by atoms with Crippen LogP contribution in [-0.2, 0) is 4.79 Å². The Morgan fingerprint density at radius 3 is 2.79 bits per heavy atom. The first-order valence-electron chi connectivity index (χ1n) is 7.47. The maximum atomic E-state index is 11.3. The zero-order valence-corrected chi connectivity index (χ0v) is 12.3. The first kappa shape index (κ1) is 14.8. The fraction of sp³-hybridized carbons (Fsp3) is 0.929. The largest absolute Gasteiger partial charge is 0.368 e. The van der Waals surface area contributed by atoms with Gasteiger partial charge in [0.2, 0.25) is 5.91 Å². The number of piperazine rings is 1. The number of nitrogens with zero attached hydrogens (tertiary/aromatic N) is 2. The Morgan fingerprint density at radius 2 is 2.11 bits per heavy atom. The Hall–Kier alpha value is -0.650. The molecule has 0 aromatic carbocycles. The minimum absolute atomic E-state index is 0.312. The standard InChI is InChI=1S/C14H28N4O/c1-11(9-14(2,16)13(15)19)18-8-7-17-6-4-3-5-12(17)10-18/h11-12H,3-10,16H2,1-2H3,(H2,15,19). The Morgan fingerprint density at radius 1 is 1.37 bits per heavy atom. The second-order valence-corrected chi connectivity index (χ2v) is 6.52. The number of primary amides is 1. The summed E-state index contributed by atoms with van der Waals surface area (Å²) in [4.78, 5) is 16.4. The van der Waals surface area contributed by atoms with E-state index >= 15 is 0 Å². The molecule has 110 valence electrons. The van der Waals surface area contributed by atoms with Crippen LogP contribution in [0.1, 0.15) is 39.5 Å². The van der Waals surface area contributed by atoms with Crippen LogP contribution in [0.25, 0.3) is 0 Å². The van der Waals surface area contributed by atoms with Gasteiger partial charge in [0.15, 0.2) is 0 Å². The van der Waals surface area contributed by atoms with Gasteiger partial charge in [-0.05, 0) is 39.7 Å². The number of hydrogen-bond donors (Lipinski definition) is 2. The summed E-state index contributed by atoms with van der Waals surface area (Å²) in [6.07, 6.45) is 4.63. The van der Waals surface area contributed by atoms with Gasteiger partial charge in [-0.3, -0.25) is 14.6 Å². The molecule has 0 radical (unpaired) electrons. The molecule has 1 amide bonds. The highest BCUT2D eigenvalue weighted by Crippen LogP contribution is 2.24. The second kappa shape index (κ2) is 5.77. The number of rotatable bonds is 4. The van der Waals surface area contributed by atoms with E-state index in [1.807, 2.05) is 0 Å². The van der Waals surface area contributed by atoms with E-state index in [4.69, 9.17) is 11.5 Å². The predicted molar refractivity (Wildman–Crippen MR) is 76.7 cm³/mol. The van der Waals surface area contributed by atoms with Crippen LogP contribution in [0.4, 0.5) is 0 Å². The van der Waals surface area contributed by atoms with Crippen molar-refractivity contribution in [3.05, 3.63) is 0 Å². The van der Waals surface area contributed by atoms with Crippen LogP contribution in [0.5, 0.6) is 0 Å². The molecule has 0 aromatic heterocycles. The number of carbonyl (C=O) groups excluding carboxylic acids is 1. The lowest BCUT2D eigenvalue weighted by Gasteiger charge is -2.46. The van der Waals surface area contributed by atoms with Crippen LogP contribution in [0.15, 0.2) is 0 Å². The van der Waals surface area contributed by atoms with Crippen molar-refractivity contribution in [1.29, 1.82) is 0 Å². The molecule has 0 spiro atoms. The first-order chi connectivity index (χ1) is 8.90. The average Bonchev–Trinajstić information content (AvgIpc) is 2.37. The SMILES string of the molecule is CC(CC(C)(N)C(N)=O)N1CCN2CCCCC2C1. The monoisotopic (exact) mass is 268 g/mol. The average molecular weight is 268 g/mol. The Bertz CT molecular complexity index is 331. The van der Waals surface area contributed by atoms with Crippen molar-refractivity contribution >= 4 is 5.91 Å². The second-order valence-electron chi connectivity index (χ2n) is 6.52. The molecule has 4 N–H and O–H groups in total. The number of amides is 1. The molecule has 0 bridgehead atoms.